The van der Waals surface area contributed by atoms with E-state index < -0.39 is 0 Å². The number of rotatable bonds is 4. The van der Waals surface area contributed by atoms with Crippen molar-refractivity contribution in [3.8, 4) is 6.07 Å². The van der Waals surface area contributed by atoms with E-state index in [-0.39, 0.29) is 5.82 Å². The van der Waals surface area contributed by atoms with Gasteiger partial charge in [-0.05, 0) is 42.9 Å². The summed E-state index contributed by atoms with van der Waals surface area (Å²) in [7, 11) is 1.92. The number of halogens is 1. The highest BCUT2D eigenvalue weighted by Gasteiger charge is 2.08. The van der Waals surface area contributed by atoms with Crippen LogP contribution in [-0.2, 0) is 13.1 Å². The van der Waals surface area contributed by atoms with Crippen molar-refractivity contribution in [1.82, 2.24) is 9.88 Å². The van der Waals surface area contributed by atoms with E-state index >= 15 is 0 Å². The van der Waals surface area contributed by atoms with Crippen LogP contribution in [0.4, 0.5) is 4.39 Å². The maximum atomic E-state index is 13.2. The van der Waals surface area contributed by atoms with Crippen molar-refractivity contribution >= 4 is 0 Å². The van der Waals surface area contributed by atoms with Gasteiger partial charge in [0.1, 0.15) is 5.82 Å². The molecule has 96 valence electrons. The monoisotopic (exact) mass is 255 g/mol. The van der Waals surface area contributed by atoms with Crippen molar-refractivity contribution < 1.29 is 4.39 Å². The van der Waals surface area contributed by atoms with E-state index in [1.54, 1.807) is 6.20 Å². The number of hydrogen-bond acceptors (Lipinski definition) is 3. The molecular formula is C15H14FN3. The molecule has 3 nitrogen and oxygen atoms in total. The second kappa shape index (κ2) is 6.07. The number of aromatic nitrogens is 1. The van der Waals surface area contributed by atoms with Gasteiger partial charge in [0.2, 0.25) is 0 Å². The Labute approximate surface area is 111 Å². The van der Waals surface area contributed by atoms with E-state index in [9.17, 15) is 4.39 Å². The Kier molecular flexibility index (Phi) is 4.22. The third-order valence-electron chi connectivity index (χ3n) is 2.79. The van der Waals surface area contributed by atoms with Gasteiger partial charge >= 0.3 is 0 Å². The summed E-state index contributed by atoms with van der Waals surface area (Å²) < 4.78 is 13.2. The summed E-state index contributed by atoms with van der Waals surface area (Å²) >= 11 is 0. The van der Waals surface area contributed by atoms with Gasteiger partial charge < -0.3 is 0 Å². The van der Waals surface area contributed by atoms with Gasteiger partial charge in [0.15, 0.2) is 0 Å². The van der Waals surface area contributed by atoms with Crippen molar-refractivity contribution in [3.63, 3.8) is 0 Å². The van der Waals surface area contributed by atoms with E-state index in [0.717, 1.165) is 5.69 Å². The molecule has 0 saturated carbocycles. The predicted molar refractivity (Wildman–Crippen MR) is 70.5 cm³/mol. The molecule has 1 aromatic carbocycles. The smallest absolute Gasteiger partial charge is 0.123 e. The molecule has 0 aliphatic carbocycles. The summed E-state index contributed by atoms with van der Waals surface area (Å²) in [5.41, 5.74) is 2.15. The van der Waals surface area contributed by atoms with Crippen LogP contribution in [0.15, 0.2) is 42.6 Å². The van der Waals surface area contributed by atoms with E-state index in [1.165, 1.54) is 18.2 Å². The Morgan fingerprint density at radius 3 is 2.79 bits per heavy atom. The lowest BCUT2D eigenvalue weighted by atomic mass is 10.1. The quantitative estimate of drug-likeness (QED) is 0.843. The summed E-state index contributed by atoms with van der Waals surface area (Å²) in [5.74, 6) is -0.319. The summed E-state index contributed by atoms with van der Waals surface area (Å²) in [5, 5.41) is 9.01. The maximum Gasteiger partial charge on any atom is 0.123 e. The fourth-order valence-corrected chi connectivity index (χ4v) is 1.92. The van der Waals surface area contributed by atoms with Crippen molar-refractivity contribution in [2.24, 2.45) is 0 Å². The largest absolute Gasteiger partial charge is 0.296 e. The lowest BCUT2D eigenvalue weighted by Crippen LogP contribution is -2.18. The molecule has 0 bridgehead atoms. The minimum atomic E-state index is -0.319. The van der Waals surface area contributed by atoms with Crippen LogP contribution in [0.5, 0.6) is 0 Å². The van der Waals surface area contributed by atoms with Crippen LogP contribution < -0.4 is 0 Å². The second-order valence-electron chi connectivity index (χ2n) is 4.41. The first kappa shape index (κ1) is 13.2. The molecule has 0 aliphatic rings. The zero-order chi connectivity index (χ0) is 13.7. The molecule has 0 atom stereocenters. The summed E-state index contributed by atoms with van der Waals surface area (Å²) in [6.45, 7) is 1.17. The molecule has 19 heavy (non-hydrogen) atoms. The Morgan fingerprint density at radius 2 is 2.11 bits per heavy atom. The summed E-state index contributed by atoms with van der Waals surface area (Å²) in [4.78, 5) is 6.24. The molecule has 0 aliphatic heterocycles. The van der Waals surface area contributed by atoms with Crippen molar-refractivity contribution in [2.75, 3.05) is 7.05 Å². The average molecular weight is 255 g/mol. The fourth-order valence-electron chi connectivity index (χ4n) is 1.92. The van der Waals surface area contributed by atoms with Crippen molar-refractivity contribution in [3.05, 3.63) is 65.2 Å². The molecule has 4 heteroatoms. The summed E-state index contributed by atoms with van der Waals surface area (Å²) in [6, 6.07) is 12.0. The van der Waals surface area contributed by atoms with Gasteiger partial charge in [0.05, 0.1) is 17.3 Å². The van der Waals surface area contributed by atoms with Gasteiger partial charge in [-0.1, -0.05) is 6.07 Å². The fraction of sp³-hybridized carbons (Fsp3) is 0.200. The van der Waals surface area contributed by atoms with Crippen molar-refractivity contribution in [1.29, 1.82) is 5.26 Å². The van der Waals surface area contributed by atoms with E-state index in [1.807, 2.05) is 30.1 Å². The first-order chi connectivity index (χ1) is 9.19. The molecule has 0 amide bonds. The standard InChI is InChI=1S/C15H14FN3/c1-19(11-15-4-2-3-7-18-15)10-13-8-14(16)6-5-12(13)9-17/h2-8H,10-11H2,1H3. The lowest BCUT2D eigenvalue weighted by Gasteiger charge is -2.17. The molecular weight excluding hydrogens is 241 g/mol. The summed E-state index contributed by atoms with van der Waals surface area (Å²) in [6.07, 6.45) is 1.74. The first-order valence-electron chi connectivity index (χ1n) is 5.96. The van der Waals surface area contributed by atoms with Gasteiger partial charge in [-0.15, -0.1) is 0 Å². The highest BCUT2D eigenvalue weighted by molar-refractivity contribution is 5.37. The highest BCUT2D eigenvalue weighted by atomic mass is 19.1. The highest BCUT2D eigenvalue weighted by Crippen LogP contribution is 2.13. The third-order valence-corrected chi connectivity index (χ3v) is 2.79. The Hall–Kier alpha value is -2.25. The number of nitrogens with zero attached hydrogens (tertiary/aromatic N) is 3. The van der Waals surface area contributed by atoms with Crippen LogP contribution in [0.2, 0.25) is 0 Å². The van der Waals surface area contributed by atoms with Gasteiger partial charge in [0.25, 0.3) is 0 Å². The second-order valence-corrected chi connectivity index (χ2v) is 4.41. The Balaban J connectivity index is 2.09. The molecule has 2 aromatic rings. The van der Waals surface area contributed by atoms with Crippen LogP contribution in [0, 0.1) is 17.1 Å². The zero-order valence-electron chi connectivity index (χ0n) is 10.7. The number of hydrogen-bond donors (Lipinski definition) is 0. The first-order valence-corrected chi connectivity index (χ1v) is 5.96. The molecule has 0 unspecified atom stereocenters. The maximum absolute atomic E-state index is 13.2. The van der Waals surface area contributed by atoms with Gasteiger partial charge in [-0.25, -0.2) is 4.39 Å². The normalized spacial score (nSPS) is 10.4. The molecule has 0 N–H and O–H groups in total. The molecule has 1 heterocycles. The minimum Gasteiger partial charge on any atom is -0.296 e. The molecule has 1 aromatic heterocycles. The van der Waals surface area contributed by atoms with Crippen LogP contribution in [0.1, 0.15) is 16.8 Å². The molecule has 0 spiro atoms. The molecule has 0 radical (unpaired) electrons. The van der Waals surface area contributed by atoms with E-state index in [4.69, 9.17) is 5.26 Å². The molecule has 2 rings (SSSR count). The van der Waals surface area contributed by atoms with E-state index in [0.29, 0.717) is 24.2 Å². The van der Waals surface area contributed by atoms with E-state index in [2.05, 4.69) is 11.1 Å². The lowest BCUT2D eigenvalue weighted by molar-refractivity contribution is 0.314. The Bertz CT molecular complexity index is 590. The number of nitriles is 1. The van der Waals surface area contributed by atoms with Crippen LogP contribution in [0.25, 0.3) is 0 Å². The SMILES string of the molecule is CN(Cc1ccccn1)Cc1cc(F)ccc1C#N. The molecule has 0 fully saturated rings. The number of benzene rings is 1. The van der Waals surface area contributed by atoms with Gasteiger partial charge in [0, 0.05) is 19.3 Å². The predicted octanol–water partition coefficient (Wildman–Crippen LogP) is 2.72. The third kappa shape index (κ3) is 3.60. The average Bonchev–Trinajstić information content (AvgIpc) is 2.40. The van der Waals surface area contributed by atoms with Crippen LogP contribution in [0.3, 0.4) is 0 Å². The van der Waals surface area contributed by atoms with Gasteiger partial charge in [-0.3, -0.25) is 9.88 Å². The number of pyridine rings is 1. The van der Waals surface area contributed by atoms with Crippen LogP contribution in [-0.4, -0.2) is 16.9 Å². The topological polar surface area (TPSA) is 39.9 Å². The zero-order valence-corrected chi connectivity index (χ0v) is 10.7. The molecule has 0 saturated heterocycles. The minimum absolute atomic E-state index is 0.319. The van der Waals surface area contributed by atoms with Crippen molar-refractivity contribution in [2.45, 2.75) is 13.1 Å². The van der Waals surface area contributed by atoms with Gasteiger partial charge in [-0.2, -0.15) is 5.26 Å². The Morgan fingerprint density at radius 1 is 1.26 bits per heavy atom. The van der Waals surface area contributed by atoms with Crippen LogP contribution >= 0.6 is 0 Å².